The molecule has 1 aliphatic rings. The zero-order valence-corrected chi connectivity index (χ0v) is 21.0. The van der Waals surface area contributed by atoms with Gasteiger partial charge in [-0.2, -0.15) is 0 Å². The van der Waals surface area contributed by atoms with Gasteiger partial charge in [0.25, 0.3) is 5.91 Å². The standard InChI is InChI=1S/C22H30N4O2S.2ClH/c1-22(2,3)14-25(4)20(27)19-13-26-18-6-5-15(11-17(18)24-21(26)29-19)12-23-16-7-9-28-10-8-16;;/h5-6,11,13,16,23H,7-10,12,14H2,1-4H3;2*1H. The molecule has 0 radical (unpaired) electrons. The smallest absolute Gasteiger partial charge is 0.265 e. The molecule has 3 aromatic rings. The fourth-order valence-electron chi connectivity index (χ4n) is 3.91. The highest BCUT2D eigenvalue weighted by molar-refractivity contribution is 7.18. The summed E-state index contributed by atoms with van der Waals surface area (Å²) >= 11 is 1.46. The van der Waals surface area contributed by atoms with E-state index in [1.54, 1.807) is 4.90 Å². The Kier molecular flexibility index (Phi) is 8.76. The molecule has 2 aromatic heterocycles. The molecule has 1 fully saturated rings. The van der Waals surface area contributed by atoms with Gasteiger partial charge < -0.3 is 15.0 Å². The van der Waals surface area contributed by atoms with E-state index in [0.29, 0.717) is 6.04 Å². The molecule has 172 valence electrons. The summed E-state index contributed by atoms with van der Waals surface area (Å²) in [4.78, 5) is 21.0. The van der Waals surface area contributed by atoms with Crippen molar-refractivity contribution in [2.24, 2.45) is 5.41 Å². The minimum absolute atomic E-state index is 0. The van der Waals surface area contributed by atoms with Crippen LogP contribution in [-0.4, -0.2) is 53.0 Å². The lowest BCUT2D eigenvalue weighted by Gasteiger charge is -2.26. The molecule has 31 heavy (non-hydrogen) atoms. The Balaban J connectivity index is 0.00000171. The lowest BCUT2D eigenvalue weighted by atomic mass is 9.96. The van der Waals surface area contributed by atoms with Crippen molar-refractivity contribution in [1.82, 2.24) is 19.6 Å². The Bertz CT molecular complexity index is 1020. The topological polar surface area (TPSA) is 58.9 Å². The number of carbonyl (C=O) groups excluding carboxylic acids is 1. The normalized spacial score (nSPS) is 15.0. The Hall–Kier alpha value is -1.38. The van der Waals surface area contributed by atoms with Gasteiger partial charge in [0.15, 0.2) is 4.96 Å². The molecular weight excluding hydrogens is 455 g/mol. The molecule has 1 N–H and O–H groups in total. The molecule has 1 aromatic carbocycles. The molecule has 0 aliphatic carbocycles. The predicted molar refractivity (Wildman–Crippen MR) is 132 cm³/mol. The van der Waals surface area contributed by atoms with Gasteiger partial charge in [0.05, 0.1) is 11.0 Å². The third-order valence-corrected chi connectivity index (χ3v) is 6.22. The Labute approximate surface area is 200 Å². The highest BCUT2D eigenvalue weighted by atomic mass is 35.5. The molecule has 0 saturated carbocycles. The number of imidazole rings is 1. The monoisotopic (exact) mass is 486 g/mol. The maximum Gasteiger partial charge on any atom is 0.265 e. The number of hydrogen-bond donors (Lipinski definition) is 1. The van der Waals surface area contributed by atoms with Crippen LogP contribution in [0.1, 0.15) is 48.8 Å². The number of ether oxygens (including phenoxy) is 1. The molecule has 1 amide bonds. The first kappa shape index (κ1) is 25.9. The van der Waals surface area contributed by atoms with Gasteiger partial charge in [-0.15, -0.1) is 24.8 Å². The van der Waals surface area contributed by atoms with Gasteiger partial charge in [0, 0.05) is 45.6 Å². The molecule has 4 rings (SSSR count). The van der Waals surface area contributed by atoms with Crippen molar-refractivity contribution < 1.29 is 9.53 Å². The van der Waals surface area contributed by atoms with E-state index in [0.717, 1.165) is 60.0 Å². The second-order valence-corrected chi connectivity index (χ2v) is 10.2. The predicted octanol–water partition coefficient (Wildman–Crippen LogP) is 4.78. The van der Waals surface area contributed by atoms with Crippen LogP contribution in [0.4, 0.5) is 0 Å². The van der Waals surface area contributed by atoms with Gasteiger partial charge in [0.2, 0.25) is 0 Å². The SMILES string of the molecule is CN(CC(C)(C)C)C(=O)c1cn2c(nc3cc(CNC4CCOCC4)ccc32)s1.Cl.Cl. The maximum atomic E-state index is 12.8. The second kappa shape index (κ2) is 10.5. The van der Waals surface area contributed by atoms with Crippen LogP contribution in [0.25, 0.3) is 16.0 Å². The summed E-state index contributed by atoms with van der Waals surface area (Å²) in [5.41, 5.74) is 3.33. The van der Waals surface area contributed by atoms with Crippen molar-refractivity contribution in [3.8, 4) is 0 Å². The van der Waals surface area contributed by atoms with E-state index in [2.05, 4.69) is 44.3 Å². The molecule has 3 heterocycles. The fraction of sp³-hybridized carbons (Fsp3) is 0.545. The van der Waals surface area contributed by atoms with Crippen LogP contribution in [0.2, 0.25) is 0 Å². The van der Waals surface area contributed by atoms with Gasteiger partial charge in [-0.25, -0.2) is 4.98 Å². The summed E-state index contributed by atoms with van der Waals surface area (Å²) in [6.07, 6.45) is 4.07. The average Bonchev–Trinajstić information content (AvgIpc) is 3.22. The molecule has 0 atom stereocenters. The van der Waals surface area contributed by atoms with Crippen LogP contribution < -0.4 is 5.32 Å². The van der Waals surface area contributed by atoms with E-state index in [-0.39, 0.29) is 36.1 Å². The van der Waals surface area contributed by atoms with E-state index < -0.39 is 0 Å². The quantitative estimate of drug-likeness (QED) is 0.563. The van der Waals surface area contributed by atoms with Crippen LogP contribution in [-0.2, 0) is 11.3 Å². The van der Waals surface area contributed by atoms with Crippen molar-refractivity contribution in [2.45, 2.75) is 46.2 Å². The molecule has 1 aliphatic heterocycles. The number of aromatic nitrogens is 2. The highest BCUT2D eigenvalue weighted by Crippen LogP contribution is 2.26. The third-order valence-electron chi connectivity index (χ3n) is 5.25. The van der Waals surface area contributed by atoms with Gasteiger partial charge in [-0.3, -0.25) is 9.20 Å². The number of rotatable bonds is 5. The lowest BCUT2D eigenvalue weighted by molar-refractivity contribution is 0.0750. The number of halogens is 2. The summed E-state index contributed by atoms with van der Waals surface area (Å²) in [6, 6.07) is 6.93. The summed E-state index contributed by atoms with van der Waals surface area (Å²) in [6.45, 7) is 9.67. The minimum Gasteiger partial charge on any atom is -0.381 e. The zero-order valence-electron chi connectivity index (χ0n) is 18.5. The van der Waals surface area contributed by atoms with Crippen LogP contribution in [0.15, 0.2) is 24.4 Å². The minimum atomic E-state index is 0. The number of thiazole rings is 1. The third kappa shape index (κ3) is 6.11. The van der Waals surface area contributed by atoms with E-state index in [1.807, 2.05) is 17.6 Å². The summed E-state index contributed by atoms with van der Waals surface area (Å²) in [7, 11) is 1.87. The molecule has 0 spiro atoms. The van der Waals surface area contributed by atoms with Crippen LogP contribution in [0.3, 0.4) is 0 Å². The number of fused-ring (bicyclic) bond motifs is 3. The fourth-order valence-corrected chi connectivity index (χ4v) is 4.90. The molecular formula is C22H32Cl2N4O2S. The van der Waals surface area contributed by atoms with Crippen molar-refractivity contribution >= 4 is 58.1 Å². The van der Waals surface area contributed by atoms with Crippen molar-refractivity contribution in [1.29, 1.82) is 0 Å². The van der Waals surface area contributed by atoms with Gasteiger partial charge in [-0.05, 0) is 36.0 Å². The van der Waals surface area contributed by atoms with Gasteiger partial charge >= 0.3 is 0 Å². The first-order valence-electron chi connectivity index (χ1n) is 10.3. The number of carbonyl (C=O) groups is 1. The van der Waals surface area contributed by atoms with Crippen molar-refractivity contribution in [3.63, 3.8) is 0 Å². The van der Waals surface area contributed by atoms with Gasteiger partial charge in [-0.1, -0.05) is 38.2 Å². The van der Waals surface area contributed by atoms with Crippen molar-refractivity contribution in [2.75, 3.05) is 26.8 Å². The molecule has 6 nitrogen and oxygen atoms in total. The van der Waals surface area contributed by atoms with Crippen LogP contribution in [0, 0.1) is 5.41 Å². The summed E-state index contributed by atoms with van der Waals surface area (Å²) < 4.78 is 7.46. The number of nitrogens with one attached hydrogen (secondary N) is 1. The van der Waals surface area contributed by atoms with E-state index in [4.69, 9.17) is 9.72 Å². The first-order chi connectivity index (χ1) is 13.8. The second-order valence-electron chi connectivity index (χ2n) is 9.17. The summed E-state index contributed by atoms with van der Waals surface area (Å²) in [5, 5.41) is 3.62. The van der Waals surface area contributed by atoms with E-state index in [1.165, 1.54) is 16.9 Å². The number of hydrogen-bond acceptors (Lipinski definition) is 5. The first-order valence-corrected chi connectivity index (χ1v) is 11.1. The number of nitrogens with zero attached hydrogens (tertiary/aromatic N) is 3. The Morgan fingerprint density at radius 1 is 1.29 bits per heavy atom. The maximum absolute atomic E-state index is 12.8. The average molecular weight is 487 g/mol. The largest absolute Gasteiger partial charge is 0.381 e. The zero-order chi connectivity index (χ0) is 20.6. The summed E-state index contributed by atoms with van der Waals surface area (Å²) in [5.74, 6) is 0.0563. The highest BCUT2D eigenvalue weighted by Gasteiger charge is 2.22. The molecule has 1 saturated heterocycles. The molecule has 0 unspecified atom stereocenters. The Morgan fingerprint density at radius 2 is 2.00 bits per heavy atom. The van der Waals surface area contributed by atoms with E-state index >= 15 is 0 Å². The van der Waals surface area contributed by atoms with Crippen LogP contribution >= 0.6 is 36.2 Å². The molecule has 9 heteroatoms. The Morgan fingerprint density at radius 3 is 2.68 bits per heavy atom. The number of benzene rings is 1. The lowest BCUT2D eigenvalue weighted by Crippen LogP contribution is -2.34. The van der Waals surface area contributed by atoms with Crippen molar-refractivity contribution in [3.05, 3.63) is 34.8 Å². The van der Waals surface area contributed by atoms with Gasteiger partial charge in [0.1, 0.15) is 4.88 Å². The molecule has 0 bridgehead atoms. The number of amides is 1. The van der Waals surface area contributed by atoms with E-state index in [9.17, 15) is 4.79 Å². The van der Waals surface area contributed by atoms with Crippen LogP contribution in [0.5, 0.6) is 0 Å².